The van der Waals surface area contributed by atoms with Crippen molar-refractivity contribution in [2.75, 3.05) is 0 Å². The van der Waals surface area contributed by atoms with Crippen molar-refractivity contribution < 1.29 is 0 Å². The SMILES string of the molecule is C(C=[P+](c1ccccc1)c1ccccc1)=C(c1ccccc1)c1ccccc1. The van der Waals surface area contributed by atoms with Gasteiger partial charge in [0.2, 0.25) is 0 Å². The van der Waals surface area contributed by atoms with E-state index in [4.69, 9.17) is 0 Å². The molecule has 0 fully saturated rings. The van der Waals surface area contributed by atoms with Crippen LogP contribution in [0.3, 0.4) is 0 Å². The third-order valence-electron chi connectivity index (χ3n) is 4.63. The van der Waals surface area contributed by atoms with E-state index in [2.05, 4.69) is 133 Å². The van der Waals surface area contributed by atoms with E-state index < -0.39 is 7.55 Å². The summed E-state index contributed by atoms with van der Waals surface area (Å²) < 4.78 is 0. The average molecular weight is 377 g/mol. The van der Waals surface area contributed by atoms with Crippen LogP contribution >= 0.6 is 7.55 Å². The Labute approximate surface area is 168 Å². The molecule has 1 heteroatoms. The Bertz CT molecular complexity index is 890. The lowest BCUT2D eigenvalue weighted by molar-refractivity contribution is 1.55. The van der Waals surface area contributed by atoms with Crippen molar-refractivity contribution in [1.29, 1.82) is 0 Å². The molecule has 0 heterocycles. The van der Waals surface area contributed by atoms with Gasteiger partial charge in [-0.05, 0) is 47.0 Å². The minimum absolute atomic E-state index is 0.566. The molecule has 0 nitrogen and oxygen atoms in total. The van der Waals surface area contributed by atoms with Crippen LogP contribution in [0.4, 0.5) is 0 Å². The van der Waals surface area contributed by atoms with Gasteiger partial charge in [0.05, 0.1) is 0 Å². The quantitative estimate of drug-likeness (QED) is 0.371. The maximum atomic E-state index is 2.38. The normalized spacial score (nSPS) is 10.1. The highest BCUT2D eigenvalue weighted by molar-refractivity contribution is 7.72. The molecule has 0 aliphatic carbocycles. The fourth-order valence-electron chi connectivity index (χ4n) is 3.24. The van der Waals surface area contributed by atoms with E-state index in [0.717, 1.165) is 0 Å². The number of rotatable bonds is 5. The Morgan fingerprint density at radius 3 is 1.21 bits per heavy atom. The van der Waals surface area contributed by atoms with E-state index in [1.54, 1.807) is 0 Å². The summed E-state index contributed by atoms with van der Waals surface area (Å²) in [6.45, 7) is 0. The first-order valence-electron chi connectivity index (χ1n) is 9.47. The largest absolute Gasteiger partial charge is 0.170 e. The number of hydrogen-bond acceptors (Lipinski definition) is 0. The highest BCUT2D eigenvalue weighted by Crippen LogP contribution is 2.26. The van der Waals surface area contributed by atoms with Crippen molar-refractivity contribution in [3.8, 4) is 0 Å². The molecule has 0 radical (unpaired) electrons. The maximum absolute atomic E-state index is 2.38. The van der Waals surface area contributed by atoms with E-state index in [1.807, 2.05) is 0 Å². The minimum Gasteiger partial charge on any atom is -0.0622 e. The molecule has 0 spiro atoms. The molecule has 0 aliphatic rings. The molecule has 0 bridgehead atoms. The van der Waals surface area contributed by atoms with Crippen LogP contribution in [0.25, 0.3) is 5.57 Å². The van der Waals surface area contributed by atoms with Crippen molar-refractivity contribution in [3.63, 3.8) is 0 Å². The summed E-state index contributed by atoms with van der Waals surface area (Å²) in [5.74, 6) is 2.38. The highest BCUT2D eigenvalue weighted by Gasteiger charge is 2.16. The Morgan fingerprint density at radius 2 is 0.821 bits per heavy atom. The van der Waals surface area contributed by atoms with E-state index in [1.165, 1.54) is 27.3 Å². The predicted octanol–water partition coefficient (Wildman–Crippen LogP) is 6.05. The first-order valence-corrected chi connectivity index (χ1v) is 10.9. The zero-order valence-electron chi connectivity index (χ0n) is 15.6. The smallest absolute Gasteiger partial charge is 0.0622 e. The van der Waals surface area contributed by atoms with Gasteiger partial charge in [-0.3, -0.25) is 0 Å². The molecule has 0 unspecified atom stereocenters. The zero-order valence-corrected chi connectivity index (χ0v) is 16.5. The van der Waals surface area contributed by atoms with Gasteiger partial charge in [0.25, 0.3) is 0 Å². The molecule has 0 N–H and O–H groups in total. The first kappa shape index (κ1) is 18.2. The van der Waals surface area contributed by atoms with Crippen LogP contribution in [0.15, 0.2) is 127 Å². The molecule has 0 aliphatic heterocycles. The minimum atomic E-state index is -0.566. The van der Waals surface area contributed by atoms with Crippen molar-refractivity contribution in [2.45, 2.75) is 0 Å². The van der Waals surface area contributed by atoms with Crippen LogP contribution in [0.1, 0.15) is 11.1 Å². The van der Waals surface area contributed by atoms with Crippen LogP contribution in [0, 0.1) is 0 Å². The molecular formula is C27H22P+. The fourth-order valence-corrected chi connectivity index (χ4v) is 5.17. The van der Waals surface area contributed by atoms with Crippen molar-refractivity contribution in [3.05, 3.63) is 139 Å². The van der Waals surface area contributed by atoms with E-state index >= 15 is 0 Å². The van der Waals surface area contributed by atoms with Crippen molar-refractivity contribution in [2.24, 2.45) is 0 Å². The molecule has 0 saturated carbocycles. The molecular weight excluding hydrogens is 355 g/mol. The van der Waals surface area contributed by atoms with Crippen molar-refractivity contribution in [1.82, 2.24) is 0 Å². The van der Waals surface area contributed by atoms with Gasteiger partial charge >= 0.3 is 0 Å². The first-order chi connectivity index (χ1) is 13.9. The van der Waals surface area contributed by atoms with Gasteiger partial charge in [-0.1, -0.05) is 97.1 Å². The van der Waals surface area contributed by atoms with Crippen LogP contribution in [0.5, 0.6) is 0 Å². The van der Waals surface area contributed by atoms with Crippen LogP contribution in [0.2, 0.25) is 0 Å². The maximum Gasteiger partial charge on any atom is 0.170 e. The van der Waals surface area contributed by atoms with E-state index in [0.29, 0.717) is 0 Å². The number of hydrogen-bond donors (Lipinski definition) is 0. The second-order valence-corrected chi connectivity index (χ2v) is 8.57. The molecule has 0 saturated heterocycles. The lowest BCUT2D eigenvalue weighted by Crippen LogP contribution is -2.07. The average Bonchev–Trinajstić information content (AvgIpc) is 2.79. The lowest BCUT2D eigenvalue weighted by Gasteiger charge is -2.07. The standard InChI is InChI=1S/C27H22P/c1-5-13-23(14-6-1)27(24-15-7-2-8-16-24)21-22-28(25-17-9-3-10-18-25)26-19-11-4-12-20-26/h1-22H/q+1. The Balaban J connectivity index is 1.87. The van der Waals surface area contributed by atoms with E-state index in [-0.39, 0.29) is 0 Å². The molecule has 4 rings (SSSR count). The molecule has 0 atom stereocenters. The van der Waals surface area contributed by atoms with Gasteiger partial charge in [0.15, 0.2) is 18.2 Å². The van der Waals surface area contributed by atoms with Gasteiger partial charge in [-0.2, -0.15) is 0 Å². The second kappa shape index (κ2) is 9.13. The van der Waals surface area contributed by atoms with Gasteiger partial charge in [0, 0.05) is 0 Å². The Kier molecular flexibility index (Phi) is 5.92. The summed E-state index contributed by atoms with van der Waals surface area (Å²) in [5, 5.41) is 2.72. The summed E-state index contributed by atoms with van der Waals surface area (Å²) in [7, 11) is -0.566. The second-order valence-electron chi connectivity index (χ2n) is 6.50. The van der Waals surface area contributed by atoms with E-state index in [9.17, 15) is 0 Å². The zero-order chi connectivity index (χ0) is 19.0. The fraction of sp³-hybridized carbons (Fsp3) is 0. The third kappa shape index (κ3) is 4.36. The summed E-state index contributed by atoms with van der Waals surface area (Å²) in [5.41, 5.74) is 3.72. The topological polar surface area (TPSA) is 0 Å². The predicted molar refractivity (Wildman–Crippen MR) is 125 cm³/mol. The summed E-state index contributed by atoms with van der Waals surface area (Å²) >= 11 is 0. The lowest BCUT2D eigenvalue weighted by atomic mass is 9.98. The van der Waals surface area contributed by atoms with Gasteiger partial charge in [-0.25, -0.2) is 0 Å². The summed E-state index contributed by atoms with van der Waals surface area (Å²) in [4.78, 5) is 0. The van der Waals surface area contributed by atoms with Gasteiger partial charge in [0.1, 0.15) is 5.80 Å². The number of allylic oxidation sites excluding steroid dienone is 1. The molecule has 134 valence electrons. The van der Waals surface area contributed by atoms with Gasteiger partial charge < -0.3 is 0 Å². The van der Waals surface area contributed by atoms with Crippen molar-refractivity contribution >= 4 is 29.5 Å². The highest BCUT2D eigenvalue weighted by atomic mass is 31.1. The van der Waals surface area contributed by atoms with Crippen LogP contribution in [-0.4, -0.2) is 5.80 Å². The van der Waals surface area contributed by atoms with Crippen LogP contribution < -0.4 is 10.6 Å². The number of benzene rings is 4. The molecule has 4 aromatic carbocycles. The molecule has 28 heavy (non-hydrogen) atoms. The summed E-state index contributed by atoms with van der Waals surface area (Å²) in [6.07, 6.45) is 2.30. The molecule has 4 aromatic rings. The summed E-state index contributed by atoms with van der Waals surface area (Å²) in [6, 6.07) is 42.8. The van der Waals surface area contributed by atoms with Crippen LogP contribution in [-0.2, 0) is 0 Å². The Hall–Kier alpha value is -3.21. The monoisotopic (exact) mass is 377 g/mol. The third-order valence-corrected chi connectivity index (χ3v) is 6.78. The molecule has 0 amide bonds. The Morgan fingerprint density at radius 1 is 0.464 bits per heavy atom. The molecule has 0 aromatic heterocycles. The van der Waals surface area contributed by atoms with Gasteiger partial charge in [-0.15, -0.1) is 0 Å².